The molecule has 208 valence electrons. The lowest BCUT2D eigenvalue weighted by Crippen LogP contribution is -2.12. The molecular formula is C23H33BrF6N2O4. The van der Waals surface area contributed by atoms with Crippen LogP contribution in [0.5, 0.6) is 0 Å². The van der Waals surface area contributed by atoms with Crippen LogP contribution in [0.3, 0.4) is 0 Å². The molecule has 2 rings (SSSR count). The molecule has 0 amide bonds. The van der Waals surface area contributed by atoms with Gasteiger partial charge in [0.1, 0.15) is 18.3 Å². The van der Waals surface area contributed by atoms with Crippen LogP contribution < -0.4 is 11.1 Å². The first-order chi connectivity index (χ1) is 16.7. The topological polar surface area (TPSA) is 75.0 Å². The van der Waals surface area contributed by atoms with Crippen LogP contribution in [0.1, 0.15) is 31.1 Å². The molecule has 0 fully saturated rings. The van der Waals surface area contributed by atoms with Gasteiger partial charge in [0.15, 0.2) is 24.2 Å². The molecule has 0 bridgehead atoms. The molecule has 0 aliphatic rings. The van der Waals surface area contributed by atoms with Crippen LogP contribution in [0, 0.1) is 23.3 Å². The minimum absolute atomic E-state index is 0. The molecule has 0 saturated heterocycles. The third-order valence-electron chi connectivity index (χ3n) is 4.09. The van der Waals surface area contributed by atoms with Gasteiger partial charge in [0.05, 0.1) is 29.2 Å². The Morgan fingerprint density at radius 3 is 1.58 bits per heavy atom. The molecule has 0 aliphatic heterocycles. The Balaban J connectivity index is 0. The molecule has 3 N–H and O–H groups in total. The van der Waals surface area contributed by atoms with E-state index in [0.717, 1.165) is 18.2 Å². The van der Waals surface area contributed by atoms with Crippen molar-refractivity contribution in [1.29, 1.82) is 0 Å². The van der Waals surface area contributed by atoms with Gasteiger partial charge in [-0.15, -0.1) is 0 Å². The lowest BCUT2D eigenvalue weighted by molar-refractivity contribution is -0.109. The van der Waals surface area contributed by atoms with E-state index < -0.39 is 42.5 Å². The van der Waals surface area contributed by atoms with Gasteiger partial charge in [-0.2, -0.15) is 0 Å². The zero-order chi connectivity index (χ0) is 27.0. The highest BCUT2D eigenvalue weighted by Crippen LogP contribution is 2.29. The van der Waals surface area contributed by atoms with Crippen molar-refractivity contribution in [3.05, 3.63) is 58.7 Å². The van der Waals surface area contributed by atoms with E-state index >= 15 is 0 Å². The molecule has 6 nitrogen and oxygen atoms in total. The van der Waals surface area contributed by atoms with E-state index in [1.807, 2.05) is 0 Å². The molecule has 0 aliphatic carbocycles. The second-order valence-corrected chi connectivity index (χ2v) is 7.08. The summed E-state index contributed by atoms with van der Waals surface area (Å²) in [5.74, 6) is -3.21. The lowest BCUT2D eigenvalue weighted by Gasteiger charge is -2.17. The van der Waals surface area contributed by atoms with Crippen molar-refractivity contribution in [3.63, 3.8) is 0 Å². The van der Waals surface area contributed by atoms with Crippen LogP contribution in [0.15, 0.2) is 24.3 Å². The number of benzene rings is 2. The van der Waals surface area contributed by atoms with Crippen LogP contribution in [-0.2, 0) is 18.9 Å². The van der Waals surface area contributed by atoms with Crippen molar-refractivity contribution in [2.24, 2.45) is 0 Å². The third-order valence-corrected chi connectivity index (χ3v) is 4.39. The van der Waals surface area contributed by atoms with Gasteiger partial charge in [0.2, 0.25) is 0 Å². The Morgan fingerprint density at radius 1 is 0.778 bits per heavy atom. The lowest BCUT2D eigenvalue weighted by atomic mass is 10.1. The molecule has 0 aromatic heterocycles. The Bertz CT molecular complexity index is 873. The second kappa shape index (κ2) is 20.0. The quantitative estimate of drug-likeness (QED) is 0.142. The third kappa shape index (κ3) is 10.9. The fourth-order valence-corrected chi connectivity index (χ4v) is 2.57. The van der Waals surface area contributed by atoms with Gasteiger partial charge < -0.3 is 30.0 Å². The maximum atomic E-state index is 13.9. The van der Waals surface area contributed by atoms with E-state index in [1.54, 1.807) is 0 Å². The first-order valence-corrected chi connectivity index (χ1v) is 11.0. The van der Waals surface area contributed by atoms with Gasteiger partial charge >= 0.3 is 0 Å². The summed E-state index contributed by atoms with van der Waals surface area (Å²) < 4.78 is 95.7. The number of hydrogen-bond acceptors (Lipinski definition) is 6. The van der Waals surface area contributed by atoms with Crippen molar-refractivity contribution in [2.75, 3.05) is 64.7 Å². The Kier molecular flexibility index (Phi) is 20.1. The minimum atomic E-state index is -1.14. The maximum absolute atomic E-state index is 13.9. The van der Waals surface area contributed by atoms with Gasteiger partial charge in [0.25, 0.3) is 0 Å². The largest absolute Gasteiger partial charge is 0.396 e. The second-order valence-electron chi connectivity index (χ2n) is 6.29. The van der Waals surface area contributed by atoms with Crippen LogP contribution in [0.4, 0.5) is 37.7 Å². The van der Waals surface area contributed by atoms with Crippen molar-refractivity contribution >= 4 is 27.3 Å². The van der Waals surface area contributed by atoms with Crippen LogP contribution in [-0.4, -0.2) is 53.7 Å². The summed E-state index contributed by atoms with van der Waals surface area (Å²) >= 11 is 2.87. The van der Waals surface area contributed by atoms with E-state index in [4.69, 9.17) is 24.7 Å². The summed E-state index contributed by atoms with van der Waals surface area (Å²) in [5, 5.41) is 2.97. The highest BCUT2D eigenvalue weighted by atomic mass is 79.9. The fraction of sp³-hybridized carbons (Fsp3) is 0.478. The summed E-state index contributed by atoms with van der Waals surface area (Å²) in [7, 11) is 5.12. The molecule has 2 aromatic carbocycles. The minimum Gasteiger partial charge on any atom is -0.396 e. The summed E-state index contributed by atoms with van der Waals surface area (Å²) in [6.45, 7) is -0.962. The Hall–Kier alpha value is -2.06. The number of anilines is 2. The van der Waals surface area contributed by atoms with E-state index in [2.05, 4.69) is 21.2 Å². The highest BCUT2D eigenvalue weighted by molar-refractivity contribution is 9.09. The molecular weight excluding hydrogens is 562 g/mol. The number of halogens is 7. The smallest absolute Gasteiger partial charge is 0.188 e. The average molecular weight is 595 g/mol. The molecule has 0 unspecified atom stereocenters. The number of nitrogen functional groups attached to an aromatic ring is 1. The van der Waals surface area contributed by atoms with Gasteiger partial charge in [-0.05, 0) is 24.3 Å². The summed E-state index contributed by atoms with van der Waals surface area (Å²) in [4.78, 5) is 0. The van der Waals surface area contributed by atoms with Gasteiger partial charge in [0, 0.05) is 40.3 Å². The molecule has 0 radical (unpaired) electrons. The van der Waals surface area contributed by atoms with E-state index in [9.17, 15) is 26.3 Å². The number of rotatable bonds is 10. The fourth-order valence-electron chi connectivity index (χ4n) is 2.57. The molecule has 0 heterocycles. The molecule has 2 aromatic rings. The zero-order valence-electron chi connectivity index (χ0n) is 19.6. The molecule has 36 heavy (non-hydrogen) atoms. The van der Waals surface area contributed by atoms with Crippen LogP contribution in [0.2, 0.25) is 0 Å². The van der Waals surface area contributed by atoms with E-state index in [-0.39, 0.29) is 43.1 Å². The Morgan fingerprint density at radius 2 is 1.19 bits per heavy atom. The summed E-state index contributed by atoms with van der Waals surface area (Å²) in [6, 6.07) is 4.49. The van der Waals surface area contributed by atoms with Crippen LogP contribution in [0.25, 0.3) is 0 Å². The number of alkyl halides is 3. The standard InChI is InChI=1S/C11H14F3NO2.C9H11F2NO2.C2H4BrF.CH4/c1-16-11(17-2)9-7(13)3-4-8(10(9)14)15-6-5-12;1-13-9(14-2)7-5(10)3-4-6(12)8(7)11;3-1-2-4;/h3-4,11,15H,5-6H2,1-2H3;3-4,9H,12H2,1-2H3;1-2H2;1H4. The van der Waals surface area contributed by atoms with E-state index in [0.29, 0.717) is 5.33 Å². The zero-order valence-corrected chi connectivity index (χ0v) is 21.2. The van der Waals surface area contributed by atoms with Crippen molar-refractivity contribution < 1.29 is 45.3 Å². The summed E-state index contributed by atoms with van der Waals surface area (Å²) in [5.41, 5.74) is 4.51. The molecule has 0 saturated carbocycles. The van der Waals surface area contributed by atoms with Crippen LogP contribution >= 0.6 is 15.9 Å². The monoisotopic (exact) mass is 594 g/mol. The average Bonchev–Trinajstić information content (AvgIpc) is 2.86. The molecule has 0 spiro atoms. The first-order valence-electron chi connectivity index (χ1n) is 9.92. The first kappa shape index (κ1) is 36.1. The predicted octanol–water partition coefficient (Wildman–Crippen LogP) is 6.46. The van der Waals surface area contributed by atoms with Crippen molar-refractivity contribution in [2.45, 2.75) is 20.0 Å². The molecule has 13 heteroatoms. The SMILES string of the molecule is C.COC(OC)c1c(F)ccc(N)c1F.COC(OC)c1c(F)ccc(NCCF)c1F.FCCBr. The van der Waals surface area contributed by atoms with E-state index in [1.165, 1.54) is 34.5 Å². The van der Waals surface area contributed by atoms with Gasteiger partial charge in [-0.3, -0.25) is 4.39 Å². The number of methoxy groups -OCH3 is 4. The van der Waals surface area contributed by atoms with Gasteiger partial charge in [-0.1, -0.05) is 23.4 Å². The van der Waals surface area contributed by atoms with Crippen molar-refractivity contribution in [3.8, 4) is 0 Å². The molecule has 0 atom stereocenters. The number of hydrogen-bond donors (Lipinski definition) is 2. The number of nitrogens with two attached hydrogens (primary N) is 1. The Labute approximate surface area is 216 Å². The predicted molar refractivity (Wildman–Crippen MR) is 132 cm³/mol. The van der Waals surface area contributed by atoms with Crippen molar-refractivity contribution in [1.82, 2.24) is 0 Å². The normalized spacial score (nSPS) is 10.2. The van der Waals surface area contributed by atoms with Gasteiger partial charge in [-0.25, -0.2) is 22.0 Å². The number of nitrogens with one attached hydrogen (secondary N) is 1. The number of ether oxygens (including phenoxy) is 4. The summed E-state index contributed by atoms with van der Waals surface area (Å²) in [6.07, 6.45) is -2.22. The maximum Gasteiger partial charge on any atom is 0.188 e. The highest BCUT2D eigenvalue weighted by Gasteiger charge is 2.22.